The molecular weight excluding hydrogens is 435 g/mol. The molecule has 182 valence electrons. The number of rotatable bonds is 7. The smallest absolute Gasteiger partial charge is 0.416 e. The van der Waals surface area contributed by atoms with Crippen LogP contribution < -0.4 is 0 Å². The Morgan fingerprint density at radius 1 is 1.09 bits per heavy atom. The van der Waals surface area contributed by atoms with Gasteiger partial charge >= 0.3 is 12.3 Å². The van der Waals surface area contributed by atoms with Crippen molar-refractivity contribution >= 4 is 14.4 Å². The molecule has 0 aliphatic carbocycles. The van der Waals surface area contributed by atoms with Crippen LogP contribution in [0.25, 0.3) is 0 Å². The van der Waals surface area contributed by atoms with Gasteiger partial charge in [-0.3, -0.25) is 4.90 Å². The van der Waals surface area contributed by atoms with Crippen LogP contribution in [0.3, 0.4) is 0 Å². The van der Waals surface area contributed by atoms with Gasteiger partial charge < -0.3 is 9.53 Å². The minimum Gasteiger partial charge on any atom is -0.465 e. The number of benzene rings is 1. The van der Waals surface area contributed by atoms with E-state index in [1.165, 1.54) is 17.0 Å². The molecule has 1 amide bonds. The fraction of sp³-hybridized carbons (Fsp3) is 0.625. The highest BCUT2D eigenvalue weighted by Crippen LogP contribution is 2.39. The number of nitrogens with zero attached hydrogens (tertiary/aromatic N) is 1. The van der Waals surface area contributed by atoms with Crippen molar-refractivity contribution in [3.8, 4) is 0 Å². The molecule has 1 aromatic rings. The molecular formula is C24H38F3NO3Si. The maximum absolute atomic E-state index is 13.1. The lowest BCUT2D eigenvalue weighted by Gasteiger charge is -2.45. The zero-order valence-corrected chi connectivity index (χ0v) is 21.7. The summed E-state index contributed by atoms with van der Waals surface area (Å²) in [4.78, 5) is 13.7. The van der Waals surface area contributed by atoms with Gasteiger partial charge in [-0.25, -0.2) is 4.79 Å². The summed E-state index contributed by atoms with van der Waals surface area (Å²) in [7, 11) is -2.20. The summed E-state index contributed by atoms with van der Waals surface area (Å²) >= 11 is 0. The second kappa shape index (κ2) is 9.99. The minimum atomic E-state index is -4.43. The van der Waals surface area contributed by atoms with Gasteiger partial charge in [0.2, 0.25) is 0 Å². The SMILES string of the molecule is CC=C[C@@H](c1ccc(C(F)(F)F)cc1)[C@@H](CO[Si](C)(C)C(C)(C)C)N(C(=O)O)C(C)(C)C. The molecule has 0 saturated heterocycles. The predicted octanol–water partition coefficient (Wildman–Crippen LogP) is 7.53. The van der Waals surface area contributed by atoms with Crippen molar-refractivity contribution in [2.45, 2.75) is 90.3 Å². The number of alkyl halides is 3. The quantitative estimate of drug-likeness (QED) is 0.329. The van der Waals surface area contributed by atoms with E-state index in [0.717, 1.165) is 12.1 Å². The fourth-order valence-corrected chi connectivity index (χ4v) is 4.36. The van der Waals surface area contributed by atoms with Crippen molar-refractivity contribution in [3.63, 3.8) is 0 Å². The van der Waals surface area contributed by atoms with E-state index in [0.29, 0.717) is 5.56 Å². The molecule has 1 N–H and O–H groups in total. The molecule has 0 saturated carbocycles. The first-order valence-electron chi connectivity index (χ1n) is 10.8. The zero-order valence-electron chi connectivity index (χ0n) is 20.7. The first kappa shape index (κ1) is 28.2. The third-order valence-corrected chi connectivity index (χ3v) is 10.6. The Kier molecular flexibility index (Phi) is 8.82. The number of carbonyl (C=O) groups is 1. The number of allylic oxidation sites excluding steroid dienone is 1. The van der Waals surface area contributed by atoms with Crippen molar-refractivity contribution in [2.24, 2.45) is 0 Å². The summed E-state index contributed by atoms with van der Waals surface area (Å²) < 4.78 is 45.6. The molecule has 0 aromatic heterocycles. The molecule has 0 heterocycles. The fourth-order valence-electron chi connectivity index (χ4n) is 3.34. The highest BCUT2D eigenvalue weighted by Gasteiger charge is 2.42. The number of halogens is 3. The monoisotopic (exact) mass is 473 g/mol. The van der Waals surface area contributed by atoms with Gasteiger partial charge in [-0.05, 0) is 63.5 Å². The van der Waals surface area contributed by atoms with Crippen LogP contribution in [0.5, 0.6) is 0 Å². The third-order valence-electron chi connectivity index (χ3n) is 6.12. The highest BCUT2D eigenvalue weighted by molar-refractivity contribution is 6.74. The van der Waals surface area contributed by atoms with Gasteiger partial charge in [0, 0.05) is 11.5 Å². The Bertz CT molecular complexity index is 791. The summed E-state index contributed by atoms with van der Waals surface area (Å²) in [6.45, 7) is 17.9. The number of amides is 1. The van der Waals surface area contributed by atoms with Crippen LogP contribution in [0.2, 0.25) is 18.1 Å². The van der Waals surface area contributed by atoms with E-state index in [9.17, 15) is 23.1 Å². The van der Waals surface area contributed by atoms with Gasteiger partial charge in [0.25, 0.3) is 0 Å². The topological polar surface area (TPSA) is 49.8 Å². The molecule has 0 fully saturated rings. The van der Waals surface area contributed by atoms with E-state index in [4.69, 9.17) is 4.43 Å². The summed E-state index contributed by atoms with van der Waals surface area (Å²) in [5.41, 5.74) is -0.866. The molecule has 0 aliphatic heterocycles. The number of carboxylic acid groups (broad SMARTS) is 1. The first-order valence-corrected chi connectivity index (χ1v) is 13.7. The Morgan fingerprint density at radius 2 is 1.59 bits per heavy atom. The minimum absolute atomic E-state index is 0.0716. The summed E-state index contributed by atoms with van der Waals surface area (Å²) in [6.07, 6.45) is -1.89. The van der Waals surface area contributed by atoms with Crippen molar-refractivity contribution in [1.82, 2.24) is 4.90 Å². The van der Waals surface area contributed by atoms with Gasteiger partial charge in [-0.15, -0.1) is 0 Å². The predicted molar refractivity (Wildman–Crippen MR) is 126 cm³/mol. The van der Waals surface area contributed by atoms with Crippen LogP contribution >= 0.6 is 0 Å². The molecule has 32 heavy (non-hydrogen) atoms. The molecule has 0 unspecified atom stereocenters. The lowest BCUT2D eigenvalue weighted by Crippen LogP contribution is -2.56. The van der Waals surface area contributed by atoms with Crippen LogP contribution in [0.4, 0.5) is 18.0 Å². The lowest BCUT2D eigenvalue weighted by molar-refractivity contribution is -0.137. The van der Waals surface area contributed by atoms with E-state index in [1.807, 2.05) is 13.0 Å². The third kappa shape index (κ3) is 7.10. The Hall–Kier alpha value is -1.80. The number of hydrogen-bond acceptors (Lipinski definition) is 2. The van der Waals surface area contributed by atoms with Crippen molar-refractivity contribution in [1.29, 1.82) is 0 Å². The van der Waals surface area contributed by atoms with Gasteiger partial charge in [0.05, 0.1) is 18.2 Å². The van der Waals surface area contributed by atoms with E-state index in [-0.39, 0.29) is 11.6 Å². The molecule has 0 spiro atoms. The molecule has 1 rings (SSSR count). The standard InChI is InChI=1S/C24H38F3NO3Si/c1-10-11-19(17-12-14-18(15-13-17)24(25,26)27)20(28(21(29)30)22(2,3)4)16-31-32(8,9)23(5,6)7/h10-15,19-20H,16H2,1-9H3,(H,29,30)/t19-,20+/m0/s1. The van der Waals surface area contributed by atoms with E-state index < -0.39 is 43.6 Å². The zero-order chi connectivity index (χ0) is 25.1. The second-order valence-corrected chi connectivity index (χ2v) is 15.4. The van der Waals surface area contributed by atoms with E-state index >= 15 is 0 Å². The normalized spacial score (nSPS) is 15.6. The maximum atomic E-state index is 13.1. The molecule has 0 radical (unpaired) electrons. The van der Waals surface area contributed by atoms with Crippen LogP contribution in [0.1, 0.15) is 65.5 Å². The number of hydrogen-bond donors (Lipinski definition) is 1. The van der Waals surface area contributed by atoms with Crippen molar-refractivity contribution in [2.75, 3.05) is 6.61 Å². The van der Waals surface area contributed by atoms with Crippen LogP contribution in [-0.2, 0) is 10.6 Å². The molecule has 0 aliphatic rings. The first-order chi connectivity index (χ1) is 14.3. The van der Waals surface area contributed by atoms with Gasteiger partial charge in [-0.2, -0.15) is 13.2 Å². The summed E-state index contributed by atoms with van der Waals surface area (Å²) in [6, 6.07) is 4.32. The Labute approximate surface area is 191 Å². The molecule has 1 aromatic carbocycles. The molecule has 2 atom stereocenters. The Balaban J connectivity index is 3.54. The van der Waals surface area contributed by atoms with E-state index in [2.05, 4.69) is 33.9 Å². The van der Waals surface area contributed by atoms with Crippen LogP contribution in [0.15, 0.2) is 36.4 Å². The van der Waals surface area contributed by atoms with Crippen LogP contribution in [-0.4, -0.2) is 42.6 Å². The van der Waals surface area contributed by atoms with Crippen molar-refractivity contribution < 1.29 is 27.5 Å². The largest absolute Gasteiger partial charge is 0.465 e. The van der Waals surface area contributed by atoms with Gasteiger partial charge in [-0.1, -0.05) is 45.1 Å². The average molecular weight is 474 g/mol. The van der Waals surface area contributed by atoms with Gasteiger partial charge in [0.15, 0.2) is 8.32 Å². The Morgan fingerprint density at radius 3 is 1.94 bits per heavy atom. The molecule has 0 bridgehead atoms. The second-order valence-electron chi connectivity index (χ2n) is 10.6. The van der Waals surface area contributed by atoms with Crippen LogP contribution in [0, 0.1) is 0 Å². The van der Waals surface area contributed by atoms with Gasteiger partial charge in [0.1, 0.15) is 0 Å². The average Bonchev–Trinajstić information content (AvgIpc) is 2.60. The lowest BCUT2D eigenvalue weighted by atomic mass is 9.87. The summed E-state index contributed by atoms with van der Waals surface area (Å²) in [5.74, 6) is -0.470. The summed E-state index contributed by atoms with van der Waals surface area (Å²) in [5, 5.41) is 10.0. The highest BCUT2D eigenvalue weighted by atomic mass is 28.4. The van der Waals surface area contributed by atoms with E-state index in [1.54, 1.807) is 26.8 Å². The van der Waals surface area contributed by atoms with Crippen molar-refractivity contribution in [3.05, 3.63) is 47.5 Å². The maximum Gasteiger partial charge on any atom is 0.416 e. The molecule has 8 heteroatoms. The molecule has 4 nitrogen and oxygen atoms in total.